The molecule has 2 atom stereocenters. The number of carbonyl (C=O) groups is 3. The molecule has 0 aliphatic carbocycles. The zero-order chi connectivity index (χ0) is 25.7. The fraction of sp³-hybridized carbons (Fsp3) is 0.207. The minimum atomic E-state index is -2.22. The van der Waals surface area contributed by atoms with Crippen LogP contribution in [0.2, 0.25) is 0 Å². The van der Waals surface area contributed by atoms with E-state index in [2.05, 4.69) is 17.2 Å². The summed E-state index contributed by atoms with van der Waals surface area (Å²) in [6.07, 6.45) is 0. The van der Waals surface area contributed by atoms with Gasteiger partial charge in [-0.15, -0.1) is 0 Å². The third kappa shape index (κ3) is 4.66. The molecule has 0 saturated carbocycles. The van der Waals surface area contributed by atoms with E-state index in [4.69, 9.17) is 14.2 Å². The first-order valence-corrected chi connectivity index (χ1v) is 11.4. The van der Waals surface area contributed by atoms with Crippen LogP contribution in [0.15, 0.2) is 72.8 Å². The summed E-state index contributed by atoms with van der Waals surface area (Å²) in [5, 5.41) is 2.63. The molecule has 7 nitrogen and oxygen atoms in total. The number of carbonyl (C=O) groups excluding carboxylic acids is 3. The van der Waals surface area contributed by atoms with Crippen molar-refractivity contribution < 1.29 is 28.6 Å². The zero-order valence-electron chi connectivity index (χ0n) is 20.2. The van der Waals surface area contributed by atoms with Gasteiger partial charge in [0.25, 0.3) is 11.4 Å². The zero-order valence-corrected chi connectivity index (χ0v) is 20.2. The lowest BCUT2D eigenvalue weighted by Gasteiger charge is -2.38. The molecule has 0 fully saturated rings. The van der Waals surface area contributed by atoms with E-state index < -0.39 is 29.3 Å². The molecule has 1 amide bonds. The van der Waals surface area contributed by atoms with E-state index in [1.165, 1.54) is 19.2 Å². The SMILES string of the molecule is CCOC(=O)[C@]1(NC(=O)c2ccc(OC)cc2)C(=O)Oc2ccccc2[C@@H]1C#Cc1ccc(C)cc1. The molecule has 1 aliphatic rings. The molecule has 3 aromatic rings. The first-order valence-electron chi connectivity index (χ1n) is 11.4. The standard InChI is InChI=1S/C29H25NO6/c1-4-35-27(32)29(30-26(31)21-14-16-22(34-3)17-15-21)24(18-13-20-11-9-19(2)10-12-20)23-7-5-6-8-25(23)36-28(29)33/h5-12,14-17,24H,4H2,1-3H3,(H,30,31)/t24-,29-/m0/s1. The molecule has 1 heterocycles. The fourth-order valence-electron chi connectivity index (χ4n) is 3.94. The van der Waals surface area contributed by atoms with Crippen molar-refractivity contribution in [3.05, 3.63) is 95.1 Å². The minimum Gasteiger partial charge on any atom is -0.497 e. The summed E-state index contributed by atoms with van der Waals surface area (Å²) >= 11 is 0. The van der Waals surface area contributed by atoms with Crippen molar-refractivity contribution in [2.45, 2.75) is 25.3 Å². The van der Waals surface area contributed by atoms with Crippen molar-refractivity contribution in [2.75, 3.05) is 13.7 Å². The number of fused-ring (bicyclic) bond motifs is 1. The van der Waals surface area contributed by atoms with Gasteiger partial charge in [-0.25, -0.2) is 9.59 Å². The molecule has 1 N–H and O–H groups in total. The number of hydrogen-bond donors (Lipinski definition) is 1. The lowest BCUT2D eigenvalue weighted by atomic mass is 9.76. The van der Waals surface area contributed by atoms with Crippen molar-refractivity contribution in [1.82, 2.24) is 5.32 Å². The van der Waals surface area contributed by atoms with Gasteiger partial charge >= 0.3 is 11.9 Å². The number of nitrogens with one attached hydrogen (secondary N) is 1. The maximum absolute atomic E-state index is 13.5. The Balaban J connectivity index is 1.85. The summed E-state index contributed by atoms with van der Waals surface area (Å²) in [4.78, 5) is 40.3. The van der Waals surface area contributed by atoms with Crippen molar-refractivity contribution in [1.29, 1.82) is 0 Å². The highest BCUT2D eigenvalue weighted by atomic mass is 16.6. The number of aryl methyl sites for hydroxylation is 1. The minimum absolute atomic E-state index is 0.00791. The fourth-order valence-corrected chi connectivity index (χ4v) is 3.94. The normalized spacial score (nSPS) is 18.1. The predicted molar refractivity (Wildman–Crippen MR) is 133 cm³/mol. The Morgan fingerprint density at radius 3 is 2.39 bits per heavy atom. The summed E-state index contributed by atoms with van der Waals surface area (Å²) in [5.41, 5.74) is 0.242. The van der Waals surface area contributed by atoms with Gasteiger partial charge in [0.2, 0.25) is 0 Å². The van der Waals surface area contributed by atoms with E-state index in [0.717, 1.165) is 5.56 Å². The smallest absolute Gasteiger partial charge is 0.350 e. The first kappa shape index (κ1) is 24.6. The number of rotatable bonds is 5. The van der Waals surface area contributed by atoms with Crippen LogP contribution in [0.4, 0.5) is 0 Å². The van der Waals surface area contributed by atoms with E-state index in [9.17, 15) is 14.4 Å². The van der Waals surface area contributed by atoms with Gasteiger partial charge in [0.05, 0.1) is 19.6 Å². The van der Waals surface area contributed by atoms with Gasteiger partial charge in [-0.1, -0.05) is 47.7 Å². The van der Waals surface area contributed by atoms with E-state index in [0.29, 0.717) is 16.9 Å². The van der Waals surface area contributed by atoms with Crippen LogP contribution in [0.1, 0.15) is 39.9 Å². The molecule has 0 radical (unpaired) electrons. The van der Waals surface area contributed by atoms with E-state index in [1.807, 2.05) is 31.2 Å². The van der Waals surface area contributed by atoms with Crippen LogP contribution in [-0.4, -0.2) is 37.1 Å². The Bertz CT molecular complexity index is 1350. The van der Waals surface area contributed by atoms with Gasteiger partial charge < -0.3 is 19.5 Å². The molecule has 7 heteroatoms. The molecular weight excluding hydrogens is 458 g/mol. The highest BCUT2D eigenvalue weighted by Crippen LogP contribution is 2.41. The van der Waals surface area contributed by atoms with Gasteiger partial charge in [0.1, 0.15) is 11.5 Å². The number of hydrogen-bond acceptors (Lipinski definition) is 6. The third-order valence-corrected chi connectivity index (χ3v) is 5.86. The quantitative estimate of drug-likeness (QED) is 0.257. The summed E-state index contributed by atoms with van der Waals surface area (Å²) in [7, 11) is 1.51. The Hall–Kier alpha value is -4.57. The molecule has 3 aromatic carbocycles. The Kier molecular flexibility index (Phi) is 7.07. The molecule has 182 valence electrons. The average Bonchev–Trinajstić information content (AvgIpc) is 2.89. The lowest BCUT2D eigenvalue weighted by Crippen LogP contribution is -2.66. The molecule has 4 rings (SSSR count). The number of para-hydroxylation sites is 1. The first-order chi connectivity index (χ1) is 17.4. The molecule has 0 unspecified atom stereocenters. The predicted octanol–water partition coefficient (Wildman–Crippen LogP) is 3.79. The van der Waals surface area contributed by atoms with Gasteiger partial charge in [-0.3, -0.25) is 4.79 Å². The van der Waals surface area contributed by atoms with E-state index in [-0.39, 0.29) is 17.9 Å². The molecule has 0 bridgehead atoms. The molecule has 0 saturated heterocycles. The highest BCUT2D eigenvalue weighted by molar-refractivity contribution is 6.13. The number of esters is 2. The largest absolute Gasteiger partial charge is 0.497 e. The van der Waals surface area contributed by atoms with Crippen LogP contribution in [0, 0.1) is 18.8 Å². The second-order valence-electron chi connectivity index (χ2n) is 8.21. The lowest BCUT2D eigenvalue weighted by molar-refractivity contribution is -0.162. The molecule has 0 aromatic heterocycles. The second kappa shape index (κ2) is 10.4. The van der Waals surface area contributed by atoms with Crippen LogP contribution in [-0.2, 0) is 14.3 Å². The van der Waals surface area contributed by atoms with E-state index in [1.54, 1.807) is 43.3 Å². The number of ether oxygens (including phenoxy) is 3. The Morgan fingerprint density at radius 2 is 1.72 bits per heavy atom. The van der Waals surface area contributed by atoms with Crippen molar-refractivity contribution >= 4 is 17.8 Å². The third-order valence-electron chi connectivity index (χ3n) is 5.86. The van der Waals surface area contributed by atoms with Crippen LogP contribution in [0.25, 0.3) is 0 Å². The summed E-state index contributed by atoms with van der Waals surface area (Å²) in [6, 6.07) is 20.6. The Labute approximate surface area is 209 Å². The van der Waals surface area contributed by atoms with Crippen LogP contribution in [0.3, 0.4) is 0 Å². The second-order valence-corrected chi connectivity index (χ2v) is 8.21. The molecule has 36 heavy (non-hydrogen) atoms. The van der Waals surface area contributed by atoms with Crippen molar-refractivity contribution in [2.24, 2.45) is 0 Å². The maximum Gasteiger partial charge on any atom is 0.350 e. The van der Waals surface area contributed by atoms with Crippen molar-refractivity contribution in [3.63, 3.8) is 0 Å². The summed E-state index contributed by atoms with van der Waals surface area (Å²) in [5.74, 6) is 3.28. The van der Waals surface area contributed by atoms with Gasteiger partial charge in [0, 0.05) is 16.7 Å². The molecular formula is C29H25NO6. The number of amides is 1. The summed E-state index contributed by atoms with van der Waals surface area (Å²) < 4.78 is 16.0. The Morgan fingerprint density at radius 1 is 1.03 bits per heavy atom. The molecule has 1 aliphatic heterocycles. The van der Waals surface area contributed by atoms with Gasteiger partial charge in [-0.05, 0) is 56.3 Å². The monoisotopic (exact) mass is 483 g/mol. The van der Waals surface area contributed by atoms with Gasteiger partial charge in [0.15, 0.2) is 0 Å². The average molecular weight is 484 g/mol. The number of benzene rings is 3. The topological polar surface area (TPSA) is 90.9 Å². The summed E-state index contributed by atoms with van der Waals surface area (Å²) in [6.45, 7) is 3.57. The number of methoxy groups -OCH3 is 1. The molecule has 0 spiro atoms. The van der Waals surface area contributed by atoms with E-state index >= 15 is 0 Å². The maximum atomic E-state index is 13.5. The highest BCUT2D eigenvalue weighted by Gasteiger charge is 2.60. The van der Waals surface area contributed by atoms with Gasteiger partial charge in [-0.2, -0.15) is 0 Å². The van der Waals surface area contributed by atoms with Crippen LogP contribution in [0.5, 0.6) is 11.5 Å². The van der Waals surface area contributed by atoms with Crippen molar-refractivity contribution in [3.8, 4) is 23.3 Å². The van der Waals surface area contributed by atoms with Crippen LogP contribution >= 0.6 is 0 Å². The van der Waals surface area contributed by atoms with Crippen LogP contribution < -0.4 is 14.8 Å².